The highest BCUT2D eigenvalue weighted by atomic mass is 35.5. The van der Waals surface area contributed by atoms with E-state index in [4.69, 9.17) is 0 Å². The second-order valence-corrected chi connectivity index (χ2v) is 9.94. The predicted octanol–water partition coefficient (Wildman–Crippen LogP) is 3.76. The first-order chi connectivity index (χ1) is 11.5. The van der Waals surface area contributed by atoms with E-state index in [9.17, 15) is 10.2 Å². The molecule has 0 saturated heterocycles. The van der Waals surface area contributed by atoms with Crippen LogP contribution in [0.2, 0.25) is 0 Å². The van der Waals surface area contributed by atoms with Crippen molar-refractivity contribution in [3.8, 4) is 0 Å². The molecule has 25 heavy (non-hydrogen) atoms. The summed E-state index contributed by atoms with van der Waals surface area (Å²) in [6.45, 7) is 6.11. The molecule has 0 aromatic carbocycles. The van der Waals surface area contributed by atoms with E-state index >= 15 is 0 Å². The molecule has 0 aromatic heterocycles. The second-order valence-electron chi connectivity index (χ2n) is 9.94. The zero-order chi connectivity index (χ0) is 16.9. The fraction of sp³-hybridized carbons (Fsp3) is 1.00. The van der Waals surface area contributed by atoms with Crippen molar-refractivity contribution in [2.75, 3.05) is 13.2 Å². The quantitative estimate of drug-likeness (QED) is 0.707. The van der Waals surface area contributed by atoms with Crippen LogP contribution in [-0.4, -0.2) is 35.5 Å². The number of fused-ring (bicyclic) bond motifs is 5. The van der Waals surface area contributed by atoms with Gasteiger partial charge in [0.2, 0.25) is 0 Å². The topological polar surface area (TPSA) is 52.5 Å². The Balaban J connectivity index is 0.00000182. The molecular formula is C21H38ClNO2. The third-order valence-electron chi connectivity index (χ3n) is 9.14. The van der Waals surface area contributed by atoms with Crippen molar-refractivity contribution in [1.29, 1.82) is 0 Å². The van der Waals surface area contributed by atoms with Gasteiger partial charge in [-0.1, -0.05) is 13.8 Å². The zero-order valence-electron chi connectivity index (χ0n) is 16.0. The van der Waals surface area contributed by atoms with Crippen LogP contribution in [-0.2, 0) is 0 Å². The second kappa shape index (κ2) is 7.30. The summed E-state index contributed by atoms with van der Waals surface area (Å²) in [6.07, 6.45) is 11.4. The summed E-state index contributed by atoms with van der Waals surface area (Å²) in [7, 11) is 0. The normalized spacial score (nSPS) is 51.8. The molecule has 3 N–H and O–H groups in total. The molecule has 0 heterocycles. The number of halogens is 1. The van der Waals surface area contributed by atoms with Gasteiger partial charge in [0.25, 0.3) is 0 Å². The van der Waals surface area contributed by atoms with Gasteiger partial charge in [-0.3, -0.25) is 0 Å². The summed E-state index contributed by atoms with van der Waals surface area (Å²) in [4.78, 5) is 0. The lowest BCUT2D eigenvalue weighted by molar-refractivity contribution is -0.123. The van der Waals surface area contributed by atoms with E-state index in [0.717, 1.165) is 43.1 Å². The highest BCUT2D eigenvalue weighted by Crippen LogP contribution is 2.66. The molecule has 0 aromatic rings. The Morgan fingerprint density at radius 1 is 0.920 bits per heavy atom. The average Bonchev–Trinajstić information content (AvgIpc) is 2.90. The largest absolute Gasteiger partial charge is 0.395 e. The molecule has 0 aliphatic heterocycles. The third kappa shape index (κ3) is 3.07. The van der Waals surface area contributed by atoms with Gasteiger partial charge in [0.1, 0.15) is 0 Å². The molecule has 4 saturated carbocycles. The molecule has 3 nitrogen and oxygen atoms in total. The van der Waals surface area contributed by atoms with E-state index in [0.29, 0.717) is 16.9 Å². The molecule has 4 rings (SSSR count). The Morgan fingerprint density at radius 2 is 1.64 bits per heavy atom. The summed E-state index contributed by atoms with van der Waals surface area (Å²) in [5.41, 5.74) is 0.924. The van der Waals surface area contributed by atoms with E-state index in [1.165, 1.54) is 44.9 Å². The molecule has 4 aliphatic carbocycles. The van der Waals surface area contributed by atoms with Gasteiger partial charge in [0.15, 0.2) is 0 Å². The minimum atomic E-state index is -0.0352. The Kier molecular flexibility index (Phi) is 5.81. The maximum Gasteiger partial charge on any atom is 0.0556 e. The number of rotatable bonds is 3. The van der Waals surface area contributed by atoms with Gasteiger partial charge in [-0.05, 0) is 92.3 Å². The maximum atomic E-state index is 10.1. The fourth-order valence-electron chi connectivity index (χ4n) is 7.81. The van der Waals surface area contributed by atoms with Crippen molar-refractivity contribution in [1.82, 2.24) is 5.32 Å². The van der Waals surface area contributed by atoms with Crippen LogP contribution in [0.15, 0.2) is 0 Å². The minimum absolute atomic E-state index is 0. The lowest BCUT2D eigenvalue weighted by Gasteiger charge is -2.61. The molecule has 0 amide bonds. The van der Waals surface area contributed by atoms with Gasteiger partial charge in [-0.2, -0.15) is 0 Å². The summed E-state index contributed by atoms with van der Waals surface area (Å²) in [6, 6.07) is 0.606. The summed E-state index contributed by atoms with van der Waals surface area (Å²) in [5, 5.41) is 23.0. The SMILES string of the molecule is C[C@]12CC[C@H](O)C[C@@H]1CC[C@@H]1[C@@H]2CC[C@]2(C)[C@@H](NCCO)CC[C@@H]12.Cl. The number of hydrogen-bond donors (Lipinski definition) is 3. The van der Waals surface area contributed by atoms with Gasteiger partial charge in [0, 0.05) is 12.6 Å². The van der Waals surface area contributed by atoms with E-state index < -0.39 is 0 Å². The Labute approximate surface area is 159 Å². The first-order valence-electron chi connectivity index (χ1n) is 10.5. The maximum absolute atomic E-state index is 10.1. The summed E-state index contributed by atoms with van der Waals surface area (Å²) in [5.74, 6) is 3.42. The van der Waals surface area contributed by atoms with Crippen molar-refractivity contribution in [2.45, 2.75) is 83.8 Å². The van der Waals surface area contributed by atoms with Crippen LogP contribution < -0.4 is 5.32 Å². The predicted molar refractivity (Wildman–Crippen MR) is 104 cm³/mol. The van der Waals surface area contributed by atoms with E-state index in [2.05, 4.69) is 19.2 Å². The first kappa shape index (κ1) is 19.9. The Hall–Kier alpha value is 0.170. The first-order valence-corrected chi connectivity index (χ1v) is 10.5. The summed E-state index contributed by atoms with van der Waals surface area (Å²) >= 11 is 0. The van der Waals surface area contributed by atoms with Gasteiger partial charge in [-0.15, -0.1) is 12.4 Å². The molecule has 4 aliphatic rings. The van der Waals surface area contributed by atoms with E-state index in [-0.39, 0.29) is 25.1 Å². The van der Waals surface area contributed by atoms with Crippen molar-refractivity contribution in [3.05, 3.63) is 0 Å². The van der Waals surface area contributed by atoms with E-state index in [1.54, 1.807) is 0 Å². The highest BCUT2D eigenvalue weighted by molar-refractivity contribution is 5.85. The average molecular weight is 372 g/mol. The number of hydrogen-bond acceptors (Lipinski definition) is 3. The lowest BCUT2D eigenvalue weighted by atomic mass is 9.45. The minimum Gasteiger partial charge on any atom is -0.395 e. The van der Waals surface area contributed by atoms with Gasteiger partial charge >= 0.3 is 0 Å². The molecule has 0 bridgehead atoms. The van der Waals surface area contributed by atoms with Gasteiger partial charge < -0.3 is 15.5 Å². The zero-order valence-corrected chi connectivity index (χ0v) is 16.9. The third-order valence-corrected chi connectivity index (χ3v) is 9.14. The van der Waals surface area contributed by atoms with Gasteiger partial charge in [-0.25, -0.2) is 0 Å². The molecular weight excluding hydrogens is 334 g/mol. The van der Waals surface area contributed by atoms with Crippen LogP contribution in [0.4, 0.5) is 0 Å². The number of aliphatic hydroxyl groups excluding tert-OH is 2. The van der Waals surface area contributed by atoms with Crippen molar-refractivity contribution in [3.63, 3.8) is 0 Å². The number of nitrogens with one attached hydrogen (secondary N) is 1. The lowest BCUT2D eigenvalue weighted by Crippen LogP contribution is -2.55. The number of aliphatic hydroxyl groups is 2. The smallest absolute Gasteiger partial charge is 0.0556 e. The Morgan fingerprint density at radius 3 is 2.40 bits per heavy atom. The fourth-order valence-corrected chi connectivity index (χ4v) is 7.81. The van der Waals surface area contributed by atoms with Crippen LogP contribution in [0, 0.1) is 34.5 Å². The monoisotopic (exact) mass is 371 g/mol. The molecule has 4 fully saturated rings. The molecule has 0 radical (unpaired) electrons. The molecule has 146 valence electrons. The van der Waals surface area contributed by atoms with Crippen molar-refractivity contribution in [2.24, 2.45) is 34.5 Å². The Bertz CT molecular complexity index is 475. The van der Waals surface area contributed by atoms with Crippen LogP contribution in [0.5, 0.6) is 0 Å². The standard InChI is InChI=1S/C21H37NO2.ClH/c1-20-9-7-15(24)13-14(20)3-4-16-17-5-6-19(22-11-12-23)21(17,2)10-8-18(16)20;/h14-19,22-24H,3-13H2,1-2H3;1H/t14-,15-,16-,17-,18-,19-,20-,21-;/m0./s1. The highest BCUT2D eigenvalue weighted by Gasteiger charge is 2.59. The molecule has 4 heteroatoms. The molecule has 0 unspecified atom stereocenters. The van der Waals surface area contributed by atoms with Crippen LogP contribution >= 0.6 is 12.4 Å². The molecule has 0 spiro atoms. The van der Waals surface area contributed by atoms with Crippen LogP contribution in [0.25, 0.3) is 0 Å². The van der Waals surface area contributed by atoms with Crippen LogP contribution in [0.3, 0.4) is 0 Å². The van der Waals surface area contributed by atoms with Crippen LogP contribution in [0.1, 0.15) is 71.6 Å². The molecule has 8 atom stereocenters. The summed E-state index contributed by atoms with van der Waals surface area (Å²) < 4.78 is 0. The van der Waals surface area contributed by atoms with Gasteiger partial charge in [0.05, 0.1) is 12.7 Å². The van der Waals surface area contributed by atoms with Crippen molar-refractivity contribution < 1.29 is 10.2 Å². The van der Waals surface area contributed by atoms with E-state index in [1.807, 2.05) is 0 Å². The van der Waals surface area contributed by atoms with Crippen molar-refractivity contribution >= 4 is 12.4 Å².